The Kier molecular flexibility index (Phi) is 5.60. The molecule has 1 fully saturated rings. The third-order valence-electron chi connectivity index (χ3n) is 5.45. The Morgan fingerprint density at radius 3 is 2.34 bits per heavy atom. The van der Waals surface area contributed by atoms with Gasteiger partial charge in [-0.05, 0) is 62.6 Å². The number of anilines is 2. The van der Waals surface area contributed by atoms with Gasteiger partial charge in [0, 0.05) is 37.3 Å². The van der Waals surface area contributed by atoms with Gasteiger partial charge in [-0.1, -0.05) is 12.1 Å². The quantitative estimate of drug-likeness (QED) is 0.853. The van der Waals surface area contributed by atoms with Crippen molar-refractivity contribution < 1.29 is 9.59 Å². The second kappa shape index (κ2) is 8.47. The van der Waals surface area contributed by atoms with Crippen LogP contribution in [0.2, 0.25) is 0 Å². The normalized spacial score (nSPS) is 16.5. The van der Waals surface area contributed by atoms with Crippen molar-refractivity contribution in [3.63, 3.8) is 0 Å². The summed E-state index contributed by atoms with van der Waals surface area (Å²) in [6.45, 7) is 4.44. The average molecular weight is 390 g/mol. The van der Waals surface area contributed by atoms with Crippen LogP contribution < -0.4 is 10.3 Å². The lowest BCUT2D eigenvalue weighted by atomic mass is 10.1. The van der Waals surface area contributed by atoms with Crippen molar-refractivity contribution >= 4 is 28.9 Å². The molecule has 0 unspecified atom stereocenters. The molecule has 0 radical (unpaired) electrons. The Balaban J connectivity index is 1.48. The summed E-state index contributed by atoms with van der Waals surface area (Å²) in [5.41, 5.74) is 3.73. The number of amides is 2. The molecule has 6 heteroatoms. The zero-order valence-electron chi connectivity index (χ0n) is 16.7. The van der Waals surface area contributed by atoms with Gasteiger partial charge in [-0.25, -0.2) is 0 Å². The van der Waals surface area contributed by atoms with Gasteiger partial charge in [-0.2, -0.15) is 5.10 Å². The van der Waals surface area contributed by atoms with E-state index in [1.807, 2.05) is 41.1 Å². The van der Waals surface area contributed by atoms with Crippen molar-refractivity contribution in [3.05, 3.63) is 59.7 Å². The van der Waals surface area contributed by atoms with Crippen LogP contribution in [0.25, 0.3) is 0 Å². The molecule has 0 saturated carbocycles. The molecule has 0 aliphatic carbocycles. The minimum atomic E-state index is -0.225. The van der Waals surface area contributed by atoms with E-state index < -0.39 is 0 Å². The first-order chi connectivity index (χ1) is 14.1. The number of nitrogens with zero attached hydrogens (tertiary/aromatic N) is 3. The fourth-order valence-electron chi connectivity index (χ4n) is 3.79. The maximum atomic E-state index is 12.9. The summed E-state index contributed by atoms with van der Waals surface area (Å²) in [7, 11) is 0. The summed E-state index contributed by atoms with van der Waals surface area (Å²) < 4.78 is 0. The second-order valence-electron chi connectivity index (χ2n) is 7.61. The number of carbonyl (C=O) groups excluding carboxylic acids is 2. The number of likely N-dealkylation sites (tertiary alicyclic amines) is 1. The van der Waals surface area contributed by atoms with Gasteiger partial charge >= 0.3 is 0 Å². The van der Waals surface area contributed by atoms with Gasteiger partial charge in [0.15, 0.2) is 0 Å². The van der Waals surface area contributed by atoms with Crippen LogP contribution >= 0.6 is 0 Å². The van der Waals surface area contributed by atoms with Crippen LogP contribution in [0.1, 0.15) is 53.3 Å². The number of hydrogen-bond donors (Lipinski definition) is 1. The zero-order chi connectivity index (χ0) is 20.2. The van der Waals surface area contributed by atoms with Crippen LogP contribution in [0.3, 0.4) is 0 Å². The number of rotatable bonds is 4. The van der Waals surface area contributed by atoms with Crippen molar-refractivity contribution in [2.45, 2.75) is 32.6 Å². The topological polar surface area (TPSA) is 65.0 Å². The molecule has 2 aliphatic rings. The highest BCUT2D eigenvalue weighted by Crippen LogP contribution is 2.23. The average Bonchev–Trinajstić information content (AvgIpc) is 3.20. The smallest absolute Gasteiger partial charge is 0.255 e. The zero-order valence-corrected chi connectivity index (χ0v) is 16.7. The van der Waals surface area contributed by atoms with Crippen LogP contribution in [0.4, 0.5) is 11.4 Å². The number of para-hydroxylation sites is 1. The third-order valence-corrected chi connectivity index (χ3v) is 5.45. The monoisotopic (exact) mass is 390 g/mol. The number of benzene rings is 2. The Labute approximate surface area is 171 Å². The maximum absolute atomic E-state index is 12.9. The minimum Gasteiger partial charge on any atom is -0.339 e. The molecule has 29 heavy (non-hydrogen) atoms. The van der Waals surface area contributed by atoms with E-state index in [2.05, 4.69) is 10.4 Å². The molecule has 2 aliphatic heterocycles. The molecule has 2 aromatic carbocycles. The van der Waals surface area contributed by atoms with Crippen LogP contribution in [-0.4, -0.2) is 42.1 Å². The van der Waals surface area contributed by atoms with Gasteiger partial charge < -0.3 is 10.2 Å². The molecule has 2 heterocycles. The van der Waals surface area contributed by atoms with Crippen molar-refractivity contribution in [2.75, 3.05) is 30.0 Å². The van der Waals surface area contributed by atoms with E-state index in [1.165, 1.54) is 6.42 Å². The van der Waals surface area contributed by atoms with E-state index in [4.69, 9.17) is 0 Å². The van der Waals surface area contributed by atoms with E-state index >= 15 is 0 Å². The summed E-state index contributed by atoms with van der Waals surface area (Å²) in [6, 6.07) is 14.6. The molecule has 1 N–H and O–H groups in total. The highest BCUT2D eigenvalue weighted by atomic mass is 16.2. The highest BCUT2D eigenvalue weighted by Gasteiger charge is 2.21. The van der Waals surface area contributed by atoms with Crippen molar-refractivity contribution in [3.8, 4) is 0 Å². The molecular weight excluding hydrogens is 364 g/mol. The molecular formula is C23H26N4O2. The molecule has 0 aromatic heterocycles. The molecule has 1 saturated heterocycles. The predicted octanol–water partition coefficient (Wildman–Crippen LogP) is 4.15. The summed E-state index contributed by atoms with van der Waals surface area (Å²) in [5, 5.41) is 9.35. The summed E-state index contributed by atoms with van der Waals surface area (Å²) in [5.74, 6) is -0.241. The van der Waals surface area contributed by atoms with Crippen LogP contribution in [0, 0.1) is 0 Å². The van der Waals surface area contributed by atoms with Gasteiger partial charge in [0.2, 0.25) is 0 Å². The molecule has 0 atom stereocenters. The van der Waals surface area contributed by atoms with E-state index in [-0.39, 0.29) is 11.8 Å². The molecule has 2 amide bonds. The Morgan fingerprint density at radius 1 is 0.931 bits per heavy atom. The standard InChI is InChI=1S/C23H26N4O2/c1-17-13-16-27(25-17)19-11-9-18(10-12-19)22(28)24-21-8-4-3-7-20(21)23(29)26-14-5-2-6-15-26/h3-4,7-12H,2,5-6,13-16H2,1H3,(H,24,28). The molecule has 0 bridgehead atoms. The maximum Gasteiger partial charge on any atom is 0.255 e. The van der Waals surface area contributed by atoms with Gasteiger partial charge in [-0.15, -0.1) is 0 Å². The first kappa shape index (κ1) is 19.2. The fraction of sp³-hybridized carbons (Fsp3) is 0.348. The molecule has 6 nitrogen and oxygen atoms in total. The lowest BCUT2D eigenvalue weighted by Crippen LogP contribution is -2.36. The number of nitrogens with one attached hydrogen (secondary N) is 1. The Hall–Kier alpha value is -3.15. The number of hydrogen-bond acceptors (Lipinski definition) is 4. The SMILES string of the molecule is CC1=NN(c2ccc(C(=O)Nc3ccccc3C(=O)N3CCCCC3)cc2)CC1. The van der Waals surface area contributed by atoms with Crippen LogP contribution in [0.15, 0.2) is 53.6 Å². The second-order valence-corrected chi connectivity index (χ2v) is 7.61. The van der Waals surface area contributed by atoms with Crippen LogP contribution in [0.5, 0.6) is 0 Å². The fourth-order valence-corrected chi connectivity index (χ4v) is 3.79. The first-order valence-corrected chi connectivity index (χ1v) is 10.2. The van der Waals surface area contributed by atoms with Gasteiger partial charge in [0.25, 0.3) is 11.8 Å². The summed E-state index contributed by atoms with van der Waals surface area (Å²) >= 11 is 0. The molecule has 4 rings (SSSR count). The van der Waals surface area contributed by atoms with E-state index in [1.54, 1.807) is 24.3 Å². The van der Waals surface area contributed by atoms with Gasteiger partial charge in [0.05, 0.1) is 16.9 Å². The largest absolute Gasteiger partial charge is 0.339 e. The van der Waals surface area contributed by atoms with Crippen LogP contribution in [-0.2, 0) is 0 Å². The lowest BCUT2D eigenvalue weighted by Gasteiger charge is -2.27. The highest BCUT2D eigenvalue weighted by molar-refractivity contribution is 6.09. The summed E-state index contributed by atoms with van der Waals surface area (Å²) in [4.78, 5) is 27.6. The Morgan fingerprint density at radius 2 is 1.66 bits per heavy atom. The third kappa shape index (κ3) is 4.31. The van der Waals surface area contributed by atoms with E-state index in [0.717, 1.165) is 50.3 Å². The first-order valence-electron chi connectivity index (χ1n) is 10.2. The molecule has 0 spiro atoms. The van der Waals surface area contributed by atoms with Crippen molar-refractivity contribution in [1.29, 1.82) is 0 Å². The number of carbonyl (C=O) groups is 2. The van der Waals surface area contributed by atoms with Crippen molar-refractivity contribution in [1.82, 2.24) is 4.90 Å². The van der Waals surface area contributed by atoms with Gasteiger partial charge in [-0.3, -0.25) is 14.6 Å². The van der Waals surface area contributed by atoms with E-state index in [0.29, 0.717) is 16.8 Å². The Bertz CT molecular complexity index is 930. The number of piperidine rings is 1. The molecule has 2 aromatic rings. The number of hydrazone groups is 1. The summed E-state index contributed by atoms with van der Waals surface area (Å²) in [6.07, 6.45) is 4.20. The van der Waals surface area contributed by atoms with E-state index in [9.17, 15) is 9.59 Å². The van der Waals surface area contributed by atoms with Gasteiger partial charge in [0.1, 0.15) is 0 Å². The minimum absolute atomic E-state index is 0.0155. The molecule has 150 valence electrons. The van der Waals surface area contributed by atoms with Crippen molar-refractivity contribution in [2.24, 2.45) is 5.10 Å². The lowest BCUT2D eigenvalue weighted by molar-refractivity contribution is 0.0725. The predicted molar refractivity (Wildman–Crippen MR) is 116 cm³/mol.